The van der Waals surface area contributed by atoms with Crippen LogP contribution in [0.1, 0.15) is 32.8 Å². The Bertz CT molecular complexity index is 473. The number of likely N-dealkylation sites (N-methyl/N-ethyl adjacent to an activating group) is 1. The van der Waals surface area contributed by atoms with E-state index in [4.69, 9.17) is 11.6 Å². The first-order valence-electron chi connectivity index (χ1n) is 7.89. The molecule has 21 heavy (non-hydrogen) atoms. The highest BCUT2D eigenvalue weighted by molar-refractivity contribution is 6.30. The molecule has 4 heteroatoms. The van der Waals surface area contributed by atoms with Gasteiger partial charge in [-0.15, -0.1) is 0 Å². The Labute approximate surface area is 134 Å². The Balaban J connectivity index is 2.18. The first-order valence-corrected chi connectivity index (χ1v) is 8.27. The molecular weight excluding hydrogens is 282 g/mol. The van der Waals surface area contributed by atoms with Crippen molar-refractivity contribution in [3.63, 3.8) is 0 Å². The summed E-state index contributed by atoms with van der Waals surface area (Å²) in [7, 11) is 2.21. The highest BCUT2D eigenvalue weighted by Crippen LogP contribution is 2.29. The van der Waals surface area contributed by atoms with E-state index in [1.54, 1.807) is 0 Å². The number of piperazine rings is 1. The van der Waals surface area contributed by atoms with E-state index in [9.17, 15) is 0 Å². The molecule has 0 aliphatic carbocycles. The van der Waals surface area contributed by atoms with Gasteiger partial charge in [0.25, 0.3) is 0 Å². The fourth-order valence-electron chi connectivity index (χ4n) is 2.85. The van der Waals surface area contributed by atoms with Gasteiger partial charge in [-0.3, -0.25) is 4.90 Å². The molecule has 0 spiro atoms. The zero-order valence-electron chi connectivity index (χ0n) is 13.7. The van der Waals surface area contributed by atoms with Crippen molar-refractivity contribution in [2.24, 2.45) is 0 Å². The van der Waals surface area contributed by atoms with Crippen LogP contribution < -0.4 is 10.2 Å². The second-order valence-corrected chi connectivity index (χ2v) is 7.04. The van der Waals surface area contributed by atoms with Crippen molar-refractivity contribution in [3.8, 4) is 0 Å². The second-order valence-electron chi connectivity index (χ2n) is 6.61. The van der Waals surface area contributed by atoms with Crippen molar-refractivity contribution in [2.45, 2.75) is 39.3 Å². The third kappa shape index (κ3) is 4.12. The fourth-order valence-corrected chi connectivity index (χ4v) is 3.04. The summed E-state index contributed by atoms with van der Waals surface area (Å²) in [6, 6.07) is 6.28. The van der Waals surface area contributed by atoms with Gasteiger partial charge in [-0.25, -0.2) is 0 Å². The highest BCUT2D eigenvalue weighted by atomic mass is 35.5. The molecule has 1 saturated heterocycles. The van der Waals surface area contributed by atoms with Crippen LogP contribution in [0.4, 0.5) is 5.69 Å². The van der Waals surface area contributed by atoms with E-state index in [1.807, 2.05) is 6.07 Å². The number of rotatable bonds is 5. The van der Waals surface area contributed by atoms with Crippen LogP contribution in [-0.4, -0.2) is 43.7 Å². The molecule has 1 heterocycles. The average Bonchev–Trinajstić information content (AvgIpc) is 2.42. The smallest absolute Gasteiger partial charge is 0.0413 e. The molecule has 0 amide bonds. The Hall–Kier alpha value is -0.770. The number of hydrogen-bond donors (Lipinski definition) is 1. The summed E-state index contributed by atoms with van der Waals surface area (Å²) in [6.45, 7) is 11.9. The predicted octanol–water partition coefficient (Wildman–Crippen LogP) is 3.37. The van der Waals surface area contributed by atoms with Crippen molar-refractivity contribution in [1.29, 1.82) is 0 Å². The van der Waals surface area contributed by atoms with Crippen LogP contribution in [-0.2, 0) is 6.54 Å². The Morgan fingerprint density at radius 1 is 1.29 bits per heavy atom. The summed E-state index contributed by atoms with van der Waals surface area (Å²) in [5.41, 5.74) is 2.83. The summed E-state index contributed by atoms with van der Waals surface area (Å²) in [6.07, 6.45) is 1.15. The molecule has 3 nitrogen and oxygen atoms in total. The first kappa shape index (κ1) is 16.6. The summed E-state index contributed by atoms with van der Waals surface area (Å²) in [4.78, 5) is 4.94. The number of anilines is 1. The maximum absolute atomic E-state index is 6.19. The van der Waals surface area contributed by atoms with E-state index < -0.39 is 0 Å². The zero-order chi connectivity index (χ0) is 15.5. The van der Waals surface area contributed by atoms with Crippen molar-refractivity contribution >= 4 is 17.3 Å². The summed E-state index contributed by atoms with van der Waals surface area (Å²) >= 11 is 6.19. The number of halogens is 1. The molecule has 0 atom stereocenters. The lowest BCUT2D eigenvalue weighted by molar-refractivity contribution is 0.139. The van der Waals surface area contributed by atoms with Crippen LogP contribution in [0.5, 0.6) is 0 Å². The predicted molar refractivity (Wildman–Crippen MR) is 92.4 cm³/mol. The van der Waals surface area contributed by atoms with Gasteiger partial charge in [0.2, 0.25) is 0 Å². The largest absolute Gasteiger partial charge is 0.368 e. The number of nitrogens with one attached hydrogen (secondary N) is 1. The van der Waals surface area contributed by atoms with Gasteiger partial charge >= 0.3 is 0 Å². The van der Waals surface area contributed by atoms with Crippen LogP contribution in [0.2, 0.25) is 5.02 Å². The number of hydrogen-bond acceptors (Lipinski definition) is 3. The number of benzene rings is 1. The molecule has 1 aromatic rings. The molecule has 118 valence electrons. The van der Waals surface area contributed by atoms with Crippen LogP contribution >= 0.6 is 11.6 Å². The van der Waals surface area contributed by atoms with Crippen molar-refractivity contribution in [1.82, 2.24) is 10.2 Å². The molecule has 1 fully saturated rings. The van der Waals surface area contributed by atoms with E-state index in [0.29, 0.717) is 0 Å². The molecule has 0 radical (unpaired) electrons. The van der Waals surface area contributed by atoms with Gasteiger partial charge in [-0.1, -0.05) is 18.5 Å². The summed E-state index contributed by atoms with van der Waals surface area (Å²) < 4.78 is 0. The van der Waals surface area contributed by atoms with Gasteiger partial charge in [0.15, 0.2) is 0 Å². The fraction of sp³-hybridized carbons (Fsp3) is 0.647. The summed E-state index contributed by atoms with van der Waals surface area (Å²) in [5.74, 6) is 0. The van der Waals surface area contributed by atoms with Gasteiger partial charge in [0.05, 0.1) is 0 Å². The van der Waals surface area contributed by atoms with Gasteiger partial charge < -0.3 is 10.2 Å². The highest BCUT2D eigenvalue weighted by Gasteiger charge is 2.31. The third-order valence-electron chi connectivity index (χ3n) is 4.44. The quantitative estimate of drug-likeness (QED) is 0.841. The monoisotopic (exact) mass is 309 g/mol. The number of nitrogens with zero attached hydrogens (tertiary/aromatic N) is 2. The van der Waals surface area contributed by atoms with E-state index in [1.165, 1.54) is 11.3 Å². The molecule has 2 rings (SSSR count). The maximum Gasteiger partial charge on any atom is 0.0413 e. The second kappa shape index (κ2) is 6.99. The molecule has 1 aromatic carbocycles. The average molecular weight is 310 g/mol. The molecule has 0 aromatic heterocycles. The van der Waals surface area contributed by atoms with Crippen LogP contribution in [0.25, 0.3) is 0 Å². The minimum atomic E-state index is 0.200. The zero-order valence-corrected chi connectivity index (χ0v) is 14.5. The van der Waals surface area contributed by atoms with Gasteiger partial charge in [-0.05, 0) is 57.6 Å². The lowest BCUT2D eigenvalue weighted by Gasteiger charge is -2.46. The van der Waals surface area contributed by atoms with Crippen LogP contribution in [0.15, 0.2) is 18.2 Å². The summed E-state index contributed by atoms with van der Waals surface area (Å²) in [5, 5.41) is 4.31. The lowest BCUT2D eigenvalue weighted by Crippen LogP contribution is -2.57. The van der Waals surface area contributed by atoms with Gasteiger partial charge in [-0.2, -0.15) is 0 Å². The van der Waals surface area contributed by atoms with Crippen LogP contribution in [0, 0.1) is 0 Å². The standard InChI is InChI=1S/C17H28ClN3/c1-5-8-19-12-14-11-15(18)6-7-16(14)21-10-9-20(4)17(2,3)13-21/h6-7,11,19H,5,8-10,12-13H2,1-4H3. The van der Waals surface area contributed by atoms with Gasteiger partial charge in [0.1, 0.15) is 0 Å². The minimum Gasteiger partial charge on any atom is -0.368 e. The molecule has 1 aliphatic heterocycles. The van der Waals surface area contributed by atoms with Crippen molar-refractivity contribution in [2.75, 3.05) is 38.1 Å². The Kier molecular flexibility index (Phi) is 5.53. The minimum absolute atomic E-state index is 0.200. The topological polar surface area (TPSA) is 18.5 Å². The van der Waals surface area contributed by atoms with E-state index in [2.05, 4.69) is 55.1 Å². The molecular formula is C17H28ClN3. The molecule has 0 bridgehead atoms. The van der Waals surface area contributed by atoms with E-state index >= 15 is 0 Å². The van der Waals surface area contributed by atoms with E-state index in [0.717, 1.165) is 44.2 Å². The Morgan fingerprint density at radius 3 is 2.71 bits per heavy atom. The third-order valence-corrected chi connectivity index (χ3v) is 4.68. The first-order chi connectivity index (χ1) is 9.94. The van der Waals surface area contributed by atoms with Crippen molar-refractivity contribution < 1.29 is 0 Å². The molecule has 1 N–H and O–H groups in total. The molecule has 0 unspecified atom stereocenters. The lowest BCUT2D eigenvalue weighted by atomic mass is 9.98. The van der Waals surface area contributed by atoms with Gasteiger partial charge in [0, 0.05) is 42.4 Å². The van der Waals surface area contributed by atoms with Crippen molar-refractivity contribution in [3.05, 3.63) is 28.8 Å². The Morgan fingerprint density at radius 2 is 2.05 bits per heavy atom. The molecule has 1 aliphatic rings. The molecule has 0 saturated carbocycles. The van der Waals surface area contributed by atoms with E-state index in [-0.39, 0.29) is 5.54 Å². The maximum atomic E-state index is 6.19. The van der Waals surface area contributed by atoms with Crippen LogP contribution in [0.3, 0.4) is 0 Å². The normalized spacial score (nSPS) is 19.0. The SMILES string of the molecule is CCCNCc1cc(Cl)ccc1N1CCN(C)C(C)(C)C1.